The largest absolute Gasteiger partial charge is 0.367 e. The minimum Gasteiger partial charge on any atom is -0.367 e. The molecule has 6 rings (SSSR count). The van der Waals surface area contributed by atoms with E-state index in [4.69, 9.17) is 4.52 Å². The van der Waals surface area contributed by atoms with E-state index >= 15 is 0 Å². The summed E-state index contributed by atoms with van der Waals surface area (Å²) in [5, 5.41) is 13.9. The maximum atomic E-state index is 12.7. The lowest BCUT2D eigenvalue weighted by Gasteiger charge is -2.15. The molecule has 2 aliphatic rings. The molecule has 9 heteroatoms. The lowest BCUT2D eigenvalue weighted by Crippen LogP contribution is -2.21. The lowest BCUT2D eigenvalue weighted by atomic mass is 10.2. The van der Waals surface area contributed by atoms with Crippen molar-refractivity contribution in [2.75, 3.05) is 10.6 Å². The number of aromatic nitrogens is 4. The smallest absolute Gasteiger partial charge is 0.273 e. The molecule has 0 amide bonds. The van der Waals surface area contributed by atoms with Crippen molar-refractivity contribution in [1.82, 2.24) is 19.7 Å². The molecule has 0 spiro atoms. The number of anilines is 2. The van der Waals surface area contributed by atoms with E-state index in [9.17, 15) is 4.79 Å². The van der Waals surface area contributed by atoms with Gasteiger partial charge in [-0.2, -0.15) is 4.98 Å². The molecule has 4 heterocycles. The minimum atomic E-state index is -0.00831. The molecule has 0 saturated heterocycles. The van der Waals surface area contributed by atoms with Crippen LogP contribution in [0.2, 0.25) is 0 Å². The van der Waals surface area contributed by atoms with Crippen molar-refractivity contribution in [3.63, 3.8) is 0 Å². The first-order valence-corrected chi connectivity index (χ1v) is 11.5. The molecule has 0 aliphatic heterocycles. The fourth-order valence-corrected chi connectivity index (χ4v) is 5.02. The van der Waals surface area contributed by atoms with Crippen LogP contribution >= 0.6 is 11.3 Å². The molecule has 2 atom stereocenters. The molecule has 0 bridgehead atoms. The number of hydrogen-bond acceptors (Lipinski definition) is 8. The van der Waals surface area contributed by atoms with Crippen LogP contribution in [-0.2, 0) is 0 Å². The first-order valence-electron chi connectivity index (χ1n) is 10.6. The van der Waals surface area contributed by atoms with Gasteiger partial charge in [0, 0.05) is 24.2 Å². The Morgan fingerprint density at radius 3 is 2.74 bits per heavy atom. The quantitative estimate of drug-likeness (QED) is 0.470. The molecule has 0 unspecified atom stereocenters. The molecule has 8 nitrogen and oxygen atoms in total. The van der Waals surface area contributed by atoms with Crippen molar-refractivity contribution in [3.05, 3.63) is 58.3 Å². The highest BCUT2D eigenvalue weighted by molar-refractivity contribution is 7.17. The van der Waals surface area contributed by atoms with Gasteiger partial charge in [-0.3, -0.25) is 9.36 Å². The van der Waals surface area contributed by atoms with E-state index in [1.54, 1.807) is 17.0 Å². The highest BCUT2D eigenvalue weighted by Crippen LogP contribution is 2.39. The second kappa shape index (κ2) is 7.49. The van der Waals surface area contributed by atoms with Crippen LogP contribution in [0.15, 0.2) is 51.4 Å². The number of hydrogen-bond donors (Lipinski definition) is 2. The Morgan fingerprint density at radius 2 is 1.94 bits per heavy atom. The van der Waals surface area contributed by atoms with Crippen molar-refractivity contribution in [3.8, 4) is 5.69 Å². The highest BCUT2D eigenvalue weighted by Gasteiger charge is 2.31. The van der Waals surface area contributed by atoms with Crippen molar-refractivity contribution in [1.29, 1.82) is 0 Å². The van der Waals surface area contributed by atoms with Gasteiger partial charge < -0.3 is 15.2 Å². The third-order valence-electron chi connectivity index (χ3n) is 6.02. The summed E-state index contributed by atoms with van der Waals surface area (Å²) in [5.41, 5.74) is 0.756. The van der Waals surface area contributed by atoms with Crippen molar-refractivity contribution in [2.45, 2.75) is 50.1 Å². The molecule has 0 radical (unpaired) electrons. The molecule has 2 aliphatic carbocycles. The number of nitrogens with one attached hydrogen (secondary N) is 2. The first kappa shape index (κ1) is 18.6. The summed E-state index contributed by atoms with van der Waals surface area (Å²) in [5.74, 6) is 2.65. The van der Waals surface area contributed by atoms with Crippen LogP contribution in [0.1, 0.15) is 43.9 Å². The van der Waals surface area contributed by atoms with Crippen molar-refractivity contribution in [2.24, 2.45) is 0 Å². The number of pyridine rings is 2. The zero-order chi connectivity index (χ0) is 20.8. The van der Waals surface area contributed by atoms with Gasteiger partial charge in [-0.15, -0.1) is 11.3 Å². The van der Waals surface area contributed by atoms with Crippen LogP contribution in [-0.4, -0.2) is 31.8 Å². The predicted molar refractivity (Wildman–Crippen MR) is 120 cm³/mol. The Labute approximate surface area is 182 Å². The Morgan fingerprint density at radius 1 is 1.06 bits per heavy atom. The molecule has 4 aromatic heterocycles. The van der Waals surface area contributed by atoms with E-state index in [1.807, 2.05) is 29.6 Å². The monoisotopic (exact) mass is 434 g/mol. The standard InChI is InChI=1S/C22H22N6O2S/c29-21-19-13(8-10-31-19)7-9-28(21)17-5-6-18(23-12-17)24-15-3-4-16(11-15)25-22-26-20(30-27-22)14-1-2-14/h5-10,12,14-16H,1-4,11H2,(H,23,24)(H,25,27)/t15-,16-/m0/s1. The summed E-state index contributed by atoms with van der Waals surface area (Å²) < 4.78 is 7.73. The summed E-state index contributed by atoms with van der Waals surface area (Å²) in [7, 11) is 0. The van der Waals surface area contributed by atoms with E-state index in [0.717, 1.165) is 59.6 Å². The molecule has 0 aromatic carbocycles. The molecule has 2 saturated carbocycles. The topological polar surface area (TPSA) is 97.9 Å². The third-order valence-corrected chi connectivity index (χ3v) is 6.94. The SMILES string of the molecule is O=c1c2sccc2ccn1-c1ccc(N[C@H]2CC[C@H](Nc3noc(C4CC4)n3)C2)nc1. The number of thiophene rings is 1. The van der Waals surface area contributed by atoms with Crippen LogP contribution in [0.4, 0.5) is 11.8 Å². The van der Waals surface area contributed by atoms with Gasteiger partial charge in [0.15, 0.2) is 0 Å². The van der Waals surface area contributed by atoms with Crippen molar-refractivity contribution < 1.29 is 4.52 Å². The molecule has 158 valence electrons. The van der Waals surface area contributed by atoms with Crippen LogP contribution in [0.25, 0.3) is 15.8 Å². The van der Waals surface area contributed by atoms with Gasteiger partial charge in [-0.05, 0) is 72.3 Å². The predicted octanol–water partition coefficient (Wildman–Crippen LogP) is 4.15. The summed E-state index contributed by atoms with van der Waals surface area (Å²) in [6.45, 7) is 0. The second-order valence-corrected chi connectivity index (χ2v) is 9.24. The fraction of sp³-hybridized carbons (Fsp3) is 0.364. The zero-order valence-electron chi connectivity index (χ0n) is 16.8. The van der Waals surface area contributed by atoms with Crippen LogP contribution in [0.5, 0.6) is 0 Å². The molecule has 31 heavy (non-hydrogen) atoms. The Kier molecular flexibility index (Phi) is 4.48. The maximum Gasteiger partial charge on any atom is 0.273 e. The van der Waals surface area contributed by atoms with Crippen LogP contribution in [0, 0.1) is 0 Å². The lowest BCUT2D eigenvalue weighted by molar-refractivity contribution is 0.379. The van der Waals surface area contributed by atoms with E-state index in [0.29, 0.717) is 23.9 Å². The van der Waals surface area contributed by atoms with Gasteiger partial charge in [-0.1, -0.05) is 0 Å². The fourth-order valence-electron chi connectivity index (χ4n) is 4.20. The zero-order valence-corrected chi connectivity index (χ0v) is 17.6. The van der Waals surface area contributed by atoms with E-state index in [1.165, 1.54) is 11.3 Å². The van der Waals surface area contributed by atoms with Crippen LogP contribution in [0.3, 0.4) is 0 Å². The van der Waals surface area contributed by atoms with Gasteiger partial charge in [-0.25, -0.2) is 4.98 Å². The van der Waals surface area contributed by atoms with Gasteiger partial charge in [0.25, 0.3) is 11.5 Å². The molecular weight excluding hydrogens is 412 g/mol. The Balaban J connectivity index is 1.09. The minimum absolute atomic E-state index is 0.00831. The third kappa shape index (κ3) is 3.69. The van der Waals surface area contributed by atoms with E-state index in [2.05, 4.69) is 25.8 Å². The van der Waals surface area contributed by atoms with Gasteiger partial charge >= 0.3 is 0 Å². The number of rotatable bonds is 6. The maximum absolute atomic E-state index is 12.7. The number of fused-ring (bicyclic) bond motifs is 1. The average Bonchev–Trinajstić information content (AvgIpc) is 3.15. The molecule has 4 aromatic rings. The van der Waals surface area contributed by atoms with Gasteiger partial charge in [0.05, 0.1) is 11.9 Å². The van der Waals surface area contributed by atoms with Gasteiger partial charge in [0.1, 0.15) is 10.5 Å². The highest BCUT2D eigenvalue weighted by atomic mass is 32.1. The van der Waals surface area contributed by atoms with Gasteiger partial charge in [0.2, 0.25) is 5.89 Å². The summed E-state index contributed by atoms with van der Waals surface area (Å²) in [6, 6.07) is 8.43. The summed E-state index contributed by atoms with van der Waals surface area (Å²) in [6.07, 6.45) is 8.90. The summed E-state index contributed by atoms with van der Waals surface area (Å²) in [4.78, 5) is 21.7. The molecular formula is C22H22N6O2S. The Bertz CT molecular complexity index is 1270. The molecule has 2 N–H and O–H groups in total. The summed E-state index contributed by atoms with van der Waals surface area (Å²) >= 11 is 1.47. The first-order chi connectivity index (χ1) is 15.2. The average molecular weight is 435 g/mol. The second-order valence-electron chi connectivity index (χ2n) is 8.32. The Hall–Kier alpha value is -3.20. The van der Waals surface area contributed by atoms with E-state index < -0.39 is 0 Å². The molecule has 2 fully saturated rings. The van der Waals surface area contributed by atoms with Crippen molar-refractivity contribution >= 4 is 33.2 Å². The number of nitrogens with zero attached hydrogens (tertiary/aromatic N) is 4. The van der Waals surface area contributed by atoms with Crippen LogP contribution < -0.4 is 16.2 Å². The normalized spacial score (nSPS) is 20.9. The van der Waals surface area contributed by atoms with E-state index in [-0.39, 0.29) is 5.56 Å².